The molecule has 0 unspecified atom stereocenters. The number of hydrogen-bond acceptors (Lipinski definition) is 2. The summed E-state index contributed by atoms with van der Waals surface area (Å²) in [6.07, 6.45) is 1.66. The van der Waals surface area contributed by atoms with Crippen molar-refractivity contribution in [3.05, 3.63) is 68.2 Å². The third-order valence-electron chi connectivity index (χ3n) is 3.00. The molecule has 0 amide bonds. The van der Waals surface area contributed by atoms with Crippen LogP contribution in [0.2, 0.25) is 0 Å². The fourth-order valence-corrected chi connectivity index (χ4v) is 2.70. The van der Waals surface area contributed by atoms with Crippen LogP contribution in [0.15, 0.2) is 53.3 Å². The van der Waals surface area contributed by atoms with Crippen LogP contribution in [0.5, 0.6) is 0 Å². The van der Waals surface area contributed by atoms with Gasteiger partial charge in [-0.3, -0.25) is 0 Å². The molecule has 0 atom stereocenters. The molecule has 0 aliphatic heterocycles. The molecule has 0 saturated carbocycles. The fourth-order valence-electron chi connectivity index (χ4n) is 1.95. The second kappa shape index (κ2) is 6.23. The van der Waals surface area contributed by atoms with Gasteiger partial charge in [0.05, 0.1) is 11.0 Å². The second-order valence-corrected chi connectivity index (χ2v) is 6.52. The fraction of sp³-hybridized carbons (Fsp3) is 0.0667. The van der Waals surface area contributed by atoms with E-state index in [9.17, 15) is 4.39 Å². The maximum atomic E-state index is 13.5. The van der Waals surface area contributed by atoms with Crippen molar-refractivity contribution in [3.8, 4) is 11.4 Å². The maximum absolute atomic E-state index is 13.5. The van der Waals surface area contributed by atoms with Crippen molar-refractivity contribution in [2.75, 3.05) is 0 Å². The van der Waals surface area contributed by atoms with E-state index in [4.69, 9.17) is 0 Å². The molecule has 3 aromatic rings. The molecule has 0 bridgehead atoms. The first kappa shape index (κ1) is 14.6. The van der Waals surface area contributed by atoms with Crippen LogP contribution < -0.4 is 0 Å². The van der Waals surface area contributed by atoms with Gasteiger partial charge in [-0.2, -0.15) is 5.10 Å². The molecule has 106 valence electrons. The number of nitrogens with zero attached hydrogens (tertiary/aromatic N) is 3. The highest BCUT2D eigenvalue weighted by Crippen LogP contribution is 2.22. The average Bonchev–Trinajstić information content (AvgIpc) is 2.93. The minimum absolute atomic E-state index is 0.273. The third-order valence-corrected chi connectivity index (χ3v) is 4.61. The highest BCUT2D eigenvalue weighted by Gasteiger charge is 2.08. The van der Waals surface area contributed by atoms with E-state index in [1.165, 1.54) is 9.64 Å². The lowest BCUT2D eigenvalue weighted by atomic mass is 10.2. The molecule has 0 radical (unpaired) electrons. The number of rotatable bonds is 3. The van der Waals surface area contributed by atoms with Gasteiger partial charge in [-0.05, 0) is 62.3 Å². The Morgan fingerprint density at radius 2 is 1.90 bits per heavy atom. The molecule has 1 heterocycles. The Morgan fingerprint density at radius 3 is 2.67 bits per heavy atom. The van der Waals surface area contributed by atoms with Gasteiger partial charge >= 0.3 is 0 Å². The molecule has 0 aliphatic carbocycles. The van der Waals surface area contributed by atoms with Gasteiger partial charge in [0.15, 0.2) is 5.82 Å². The van der Waals surface area contributed by atoms with E-state index in [0.717, 1.165) is 11.1 Å². The van der Waals surface area contributed by atoms with E-state index in [0.29, 0.717) is 16.8 Å². The predicted molar refractivity (Wildman–Crippen MR) is 91.4 cm³/mol. The van der Waals surface area contributed by atoms with E-state index >= 15 is 0 Å². The normalized spacial score (nSPS) is 10.8. The SMILES string of the molecule is Fc1cccc(Cn2cnc(-c3ccc(I)cc3)n2)c1Br. The van der Waals surface area contributed by atoms with Crippen LogP contribution in [-0.4, -0.2) is 14.8 Å². The minimum atomic E-state index is -0.273. The Kier molecular flexibility index (Phi) is 4.34. The summed E-state index contributed by atoms with van der Waals surface area (Å²) in [5, 5.41) is 4.44. The van der Waals surface area contributed by atoms with Gasteiger partial charge in [-0.15, -0.1) is 0 Å². The van der Waals surface area contributed by atoms with Crippen molar-refractivity contribution >= 4 is 38.5 Å². The minimum Gasteiger partial charge on any atom is -0.248 e. The molecule has 1 aromatic heterocycles. The molecule has 0 fully saturated rings. The summed E-state index contributed by atoms with van der Waals surface area (Å²) in [7, 11) is 0. The maximum Gasteiger partial charge on any atom is 0.181 e. The molecule has 0 spiro atoms. The van der Waals surface area contributed by atoms with E-state index in [2.05, 4.69) is 48.6 Å². The number of hydrogen-bond donors (Lipinski definition) is 0. The Morgan fingerprint density at radius 1 is 1.14 bits per heavy atom. The molecular formula is C15H10BrFIN3. The van der Waals surface area contributed by atoms with Crippen LogP contribution in [0, 0.1) is 9.39 Å². The number of aromatic nitrogens is 3. The zero-order valence-corrected chi connectivity index (χ0v) is 14.5. The van der Waals surface area contributed by atoms with Crippen LogP contribution in [0.1, 0.15) is 5.56 Å². The number of benzene rings is 2. The summed E-state index contributed by atoms with van der Waals surface area (Å²) in [4.78, 5) is 4.30. The van der Waals surface area contributed by atoms with Crippen LogP contribution in [0.4, 0.5) is 4.39 Å². The summed E-state index contributed by atoms with van der Waals surface area (Å²) in [6, 6.07) is 13.0. The van der Waals surface area contributed by atoms with Gasteiger partial charge in [0.1, 0.15) is 12.1 Å². The van der Waals surface area contributed by atoms with Gasteiger partial charge in [0, 0.05) is 9.13 Å². The summed E-state index contributed by atoms with van der Waals surface area (Å²) >= 11 is 5.52. The zero-order valence-electron chi connectivity index (χ0n) is 10.8. The van der Waals surface area contributed by atoms with Gasteiger partial charge in [-0.1, -0.05) is 24.3 Å². The highest BCUT2D eigenvalue weighted by molar-refractivity contribution is 14.1. The topological polar surface area (TPSA) is 30.7 Å². The smallest absolute Gasteiger partial charge is 0.181 e. The molecule has 3 nitrogen and oxygen atoms in total. The largest absolute Gasteiger partial charge is 0.248 e. The lowest BCUT2D eigenvalue weighted by Gasteiger charge is -2.04. The van der Waals surface area contributed by atoms with Gasteiger partial charge in [0.25, 0.3) is 0 Å². The van der Waals surface area contributed by atoms with E-state index in [1.807, 2.05) is 30.3 Å². The average molecular weight is 458 g/mol. The van der Waals surface area contributed by atoms with Gasteiger partial charge in [0.2, 0.25) is 0 Å². The summed E-state index contributed by atoms with van der Waals surface area (Å²) in [5.74, 6) is 0.393. The van der Waals surface area contributed by atoms with E-state index in [-0.39, 0.29) is 5.82 Å². The van der Waals surface area contributed by atoms with Crippen molar-refractivity contribution < 1.29 is 4.39 Å². The molecule has 0 saturated heterocycles. The molecule has 3 rings (SSSR count). The molecule has 6 heteroatoms. The van der Waals surface area contributed by atoms with Gasteiger partial charge in [-0.25, -0.2) is 14.1 Å². The lowest BCUT2D eigenvalue weighted by molar-refractivity contribution is 0.611. The van der Waals surface area contributed by atoms with Gasteiger partial charge < -0.3 is 0 Å². The predicted octanol–water partition coefficient (Wildman–Crippen LogP) is 4.50. The third kappa shape index (κ3) is 3.32. The van der Waals surface area contributed by atoms with Crippen molar-refractivity contribution in [1.82, 2.24) is 14.8 Å². The zero-order chi connectivity index (χ0) is 14.8. The molecule has 0 N–H and O–H groups in total. The summed E-state index contributed by atoms with van der Waals surface area (Å²) < 4.78 is 16.8. The quantitative estimate of drug-likeness (QED) is 0.542. The Hall–Kier alpha value is -1.28. The van der Waals surface area contributed by atoms with Crippen molar-refractivity contribution in [3.63, 3.8) is 0 Å². The van der Waals surface area contributed by atoms with Crippen LogP contribution in [-0.2, 0) is 6.54 Å². The summed E-state index contributed by atoms with van der Waals surface area (Å²) in [5.41, 5.74) is 1.79. The lowest BCUT2D eigenvalue weighted by Crippen LogP contribution is -2.02. The van der Waals surface area contributed by atoms with Crippen molar-refractivity contribution in [2.45, 2.75) is 6.54 Å². The highest BCUT2D eigenvalue weighted by atomic mass is 127. The first-order chi connectivity index (χ1) is 10.1. The first-order valence-electron chi connectivity index (χ1n) is 6.22. The second-order valence-electron chi connectivity index (χ2n) is 4.49. The van der Waals surface area contributed by atoms with Crippen molar-refractivity contribution in [1.29, 1.82) is 0 Å². The van der Waals surface area contributed by atoms with E-state index in [1.54, 1.807) is 17.1 Å². The Balaban J connectivity index is 1.85. The molecule has 0 aliphatic rings. The van der Waals surface area contributed by atoms with E-state index < -0.39 is 0 Å². The van der Waals surface area contributed by atoms with Crippen molar-refractivity contribution in [2.24, 2.45) is 0 Å². The monoisotopic (exact) mass is 457 g/mol. The molecule has 21 heavy (non-hydrogen) atoms. The first-order valence-corrected chi connectivity index (χ1v) is 8.09. The summed E-state index contributed by atoms with van der Waals surface area (Å²) in [6.45, 7) is 0.468. The Bertz CT molecular complexity index is 771. The van der Waals surface area contributed by atoms with Crippen LogP contribution in [0.25, 0.3) is 11.4 Å². The molecule has 2 aromatic carbocycles. The Labute approximate surface area is 143 Å². The van der Waals surface area contributed by atoms with Crippen LogP contribution >= 0.6 is 38.5 Å². The van der Waals surface area contributed by atoms with Crippen LogP contribution in [0.3, 0.4) is 0 Å². The standard InChI is InChI=1S/C15H10BrFIN3/c16-14-11(2-1-3-13(14)17)8-21-9-19-15(20-21)10-4-6-12(18)7-5-10/h1-7,9H,8H2. The number of halogens is 3. The molecular weight excluding hydrogens is 448 g/mol.